The molecule has 0 saturated carbocycles. The molecule has 0 aliphatic rings. The van der Waals surface area contributed by atoms with Crippen molar-refractivity contribution < 1.29 is 114 Å². The first-order chi connectivity index (χ1) is 44.4. The second-order valence-corrected chi connectivity index (χ2v) is 18.9. The summed E-state index contributed by atoms with van der Waals surface area (Å²) >= 11 is 0. The lowest BCUT2D eigenvalue weighted by molar-refractivity contribution is -0.401. The van der Waals surface area contributed by atoms with E-state index in [4.69, 9.17) is 45.9 Å². The molecule has 0 saturated heterocycles. The highest BCUT2D eigenvalue weighted by molar-refractivity contribution is 7.90. The molecule has 14 heterocycles. The van der Waals surface area contributed by atoms with E-state index in [2.05, 4.69) is 26.5 Å². The number of alkyl halides is 3. The van der Waals surface area contributed by atoms with Crippen molar-refractivity contribution in [2.75, 3.05) is 12.5 Å². The Bertz CT molecular complexity index is 4600. The molecule has 506 valence electrons. The van der Waals surface area contributed by atoms with E-state index >= 15 is 0 Å². The average Bonchev–Trinajstić information content (AvgIpc) is 1.70. The van der Waals surface area contributed by atoms with Gasteiger partial charge in [-0.3, -0.25) is 10.1 Å². The van der Waals surface area contributed by atoms with Crippen LogP contribution in [0.2, 0.25) is 0 Å². The van der Waals surface area contributed by atoms with Crippen molar-refractivity contribution in [3.63, 3.8) is 0 Å². The fraction of sp³-hybridized carbons (Fsp3) is 0.279. The van der Waals surface area contributed by atoms with Gasteiger partial charge in [0.05, 0.1) is 82.2 Å². The summed E-state index contributed by atoms with van der Waals surface area (Å²) < 4.78 is 196. The number of hydrogen-bond donors (Lipinski definition) is 0. The van der Waals surface area contributed by atoms with Gasteiger partial charge in [-0.1, -0.05) is 96.9 Å². The zero-order valence-corrected chi connectivity index (χ0v) is 54.5. The SMILES string of the molecule is CC.CC.CC.CC.CC.CC.CC.CS(=O)(=O)c1cc2ccoc2o1.CS(=O)(=O)c1oc2occc2c1F.FC(F)(F)c1cc2ccoc2o1.Fc1oc2occc2c1F.N#Cc1cc2ccoc2o1.N#Cc1oc2occc2c1F.O=[N+]([O-])c1cc2ccoc2o1. The van der Waals surface area contributed by atoms with Crippen LogP contribution >= 0.6 is 0 Å². The Hall–Kier alpha value is -10.5. The molecule has 0 unspecified atom stereocenters. The lowest BCUT2D eigenvalue weighted by Crippen LogP contribution is -2.01. The molecule has 14 aromatic rings. The molecule has 32 heteroatoms. The van der Waals surface area contributed by atoms with E-state index in [1.165, 1.54) is 80.2 Å². The van der Waals surface area contributed by atoms with Crippen LogP contribution in [0.3, 0.4) is 0 Å². The van der Waals surface area contributed by atoms with Crippen LogP contribution in [0.4, 0.5) is 36.6 Å². The maximum atomic E-state index is 13.2. The highest BCUT2D eigenvalue weighted by Gasteiger charge is 2.35. The quantitative estimate of drug-likeness (QED) is 0.0900. The number of nitriles is 2. The molecular weight excluding hydrogens is 1290 g/mol. The number of nitrogens with zero attached hydrogens (tertiary/aromatic N) is 3. The third-order valence-electron chi connectivity index (χ3n) is 9.64. The van der Waals surface area contributed by atoms with Gasteiger partial charge in [-0.2, -0.15) is 32.5 Å². The van der Waals surface area contributed by atoms with Crippen molar-refractivity contribution in [2.45, 2.75) is 113 Å². The largest absolute Gasteiger partial charge is 0.449 e. The van der Waals surface area contributed by atoms with Gasteiger partial charge in [-0.15, -0.1) is 0 Å². The standard InChI is InChI=1S/C7H3F3O2.C7H2FNO2.C7H5FO4S.C7H3NO2.C7H6O4S.C6H2F2O2.C6H3NO4.7C2H6/c8-7(9,10)5-3-4-1-2-11-6(4)12-5;8-6-4-1-2-10-7(4)11-5(6)3-9;1-13(9,10)7-5(8)4-2-3-11-6(4)12-7;8-4-6-3-5-1-2-9-7(5)10-6;1-12(8,9)6-4-5-2-3-10-7(5)11-6;7-4-3-1-2-9-6(3)10-5(4)8;8-7(9)5-3-4-1-2-10-6(4)11-5;7*1-2/h1-3H;1-2H;2-3H,1H3;1-3H;2-4H,1H3;1-2H;1-3H;7*1-2H3. The highest BCUT2D eigenvalue weighted by Crippen LogP contribution is 2.34. The molecule has 0 aromatic carbocycles. The summed E-state index contributed by atoms with van der Waals surface area (Å²) in [5, 5.41) is 28.8. The normalized spacial score (nSPS) is 10.1. The van der Waals surface area contributed by atoms with E-state index in [0.717, 1.165) is 24.0 Å². The molecule has 0 fully saturated rings. The van der Waals surface area contributed by atoms with Crippen molar-refractivity contribution in [3.8, 4) is 12.1 Å². The van der Waals surface area contributed by atoms with Gasteiger partial charge in [-0.05, 0) is 42.5 Å². The maximum absolute atomic E-state index is 13.2. The second kappa shape index (κ2) is 38.9. The van der Waals surface area contributed by atoms with Gasteiger partial charge in [0.15, 0.2) is 11.6 Å². The summed E-state index contributed by atoms with van der Waals surface area (Å²) in [5.74, 6) is -3.34. The molecule has 0 aliphatic carbocycles. The fourth-order valence-corrected chi connectivity index (χ4v) is 7.38. The number of furan rings is 14. The molecular formula is C61H66F7N3O20S2. The van der Waals surface area contributed by atoms with Gasteiger partial charge in [0, 0.05) is 30.7 Å². The molecule has 0 bridgehead atoms. The minimum absolute atomic E-state index is 0.0394. The molecule has 0 atom stereocenters. The van der Waals surface area contributed by atoms with Crippen molar-refractivity contribution >= 4 is 104 Å². The Labute approximate surface area is 526 Å². The van der Waals surface area contributed by atoms with Crippen LogP contribution in [0.25, 0.3) is 78.2 Å². The zero-order chi connectivity index (χ0) is 71.0. The molecule has 0 N–H and O–H groups in total. The van der Waals surface area contributed by atoms with Crippen molar-refractivity contribution in [1.82, 2.24) is 0 Å². The molecule has 0 amide bonds. The number of fused-ring (bicyclic) bond motifs is 7. The molecule has 14 aromatic heterocycles. The van der Waals surface area contributed by atoms with E-state index < -0.39 is 65.1 Å². The molecule has 93 heavy (non-hydrogen) atoms. The number of sulfone groups is 2. The number of halogens is 7. The van der Waals surface area contributed by atoms with Crippen LogP contribution in [0.1, 0.15) is 114 Å². The van der Waals surface area contributed by atoms with Crippen LogP contribution in [0.5, 0.6) is 0 Å². The van der Waals surface area contributed by atoms with Gasteiger partial charge < -0.3 is 61.8 Å². The van der Waals surface area contributed by atoms with E-state index in [-0.39, 0.29) is 73.3 Å². The first-order valence-corrected chi connectivity index (χ1v) is 31.6. The smallest absolute Gasteiger partial charge is 0.433 e. The summed E-state index contributed by atoms with van der Waals surface area (Å²) in [4.78, 5) is 9.54. The topological polar surface area (TPSA) is 343 Å². The highest BCUT2D eigenvalue weighted by atomic mass is 32.2. The Morgan fingerprint density at radius 3 is 1.17 bits per heavy atom. The van der Waals surface area contributed by atoms with Gasteiger partial charge in [0.2, 0.25) is 47.9 Å². The zero-order valence-electron chi connectivity index (χ0n) is 52.9. The van der Waals surface area contributed by atoms with E-state index in [9.17, 15) is 57.7 Å². The van der Waals surface area contributed by atoms with Crippen LogP contribution in [-0.4, -0.2) is 34.3 Å². The lowest BCUT2D eigenvalue weighted by Gasteiger charge is -1.98. The minimum atomic E-state index is -4.44. The minimum Gasteiger partial charge on any atom is -0.433 e. The average molecular weight is 1360 g/mol. The van der Waals surface area contributed by atoms with Gasteiger partial charge in [0.1, 0.15) is 22.4 Å². The predicted molar refractivity (Wildman–Crippen MR) is 326 cm³/mol. The van der Waals surface area contributed by atoms with E-state index in [1.807, 2.05) is 103 Å². The van der Waals surface area contributed by atoms with Gasteiger partial charge in [0.25, 0.3) is 22.4 Å². The lowest BCUT2D eigenvalue weighted by atomic mass is 10.3. The first kappa shape index (κ1) is 80.5. The summed E-state index contributed by atoms with van der Waals surface area (Å²) in [5.41, 5.74) is 0. The molecule has 14 rings (SSSR count). The fourth-order valence-electron chi connectivity index (χ4n) is 6.15. The Morgan fingerprint density at radius 2 is 0.806 bits per heavy atom. The summed E-state index contributed by atoms with van der Waals surface area (Å²) in [6.07, 6.45) is 6.93. The van der Waals surface area contributed by atoms with Crippen LogP contribution in [-0.2, 0) is 25.9 Å². The second-order valence-electron chi connectivity index (χ2n) is 15.1. The number of rotatable bonds is 3. The van der Waals surface area contributed by atoms with Crippen molar-refractivity contribution in [1.29, 1.82) is 10.5 Å². The van der Waals surface area contributed by atoms with Crippen LogP contribution < -0.4 is 0 Å². The molecule has 0 aliphatic heterocycles. The van der Waals surface area contributed by atoms with Crippen LogP contribution in [0.15, 0.2) is 183 Å². The molecule has 0 radical (unpaired) electrons. The van der Waals surface area contributed by atoms with Crippen molar-refractivity contribution in [2.24, 2.45) is 0 Å². The Balaban J connectivity index is 0.000000526. The summed E-state index contributed by atoms with van der Waals surface area (Å²) in [6.45, 7) is 28.0. The van der Waals surface area contributed by atoms with Crippen molar-refractivity contribution in [3.05, 3.63) is 161 Å². The van der Waals surface area contributed by atoms with E-state index in [1.54, 1.807) is 30.3 Å². The predicted octanol–water partition coefficient (Wildman–Crippen LogP) is 21.4. The Morgan fingerprint density at radius 1 is 0.430 bits per heavy atom. The Kier molecular flexibility index (Phi) is 33.7. The first-order valence-electron chi connectivity index (χ1n) is 27.9. The summed E-state index contributed by atoms with van der Waals surface area (Å²) in [6, 6.07) is 17.9. The maximum Gasteiger partial charge on any atom is 0.449 e. The number of hydrogen-bond acceptors (Lipinski definition) is 22. The molecule has 23 nitrogen and oxygen atoms in total. The monoisotopic (exact) mass is 1360 g/mol. The van der Waals surface area contributed by atoms with Crippen LogP contribution in [0, 0.1) is 56.2 Å². The third-order valence-corrected chi connectivity index (χ3v) is 11.5. The molecule has 0 spiro atoms. The number of nitro groups is 1. The van der Waals surface area contributed by atoms with Gasteiger partial charge in [-0.25, -0.2) is 25.6 Å². The summed E-state index contributed by atoms with van der Waals surface area (Å²) in [7, 11) is -6.93. The van der Waals surface area contributed by atoms with Gasteiger partial charge >= 0.3 is 41.2 Å². The van der Waals surface area contributed by atoms with E-state index in [0.29, 0.717) is 21.9 Å². The third kappa shape index (κ3) is 21.9.